The first kappa shape index (κ1) is 25.1. The molecule has 2 N–H and O–H groups in total. The highest BCUT2D eigenvalue weighted by molar-refractivity contribution is 6.33. The number of hydrogen-bond donors (Lipinski definition) is 2. The van der Waals surface area contributed by atoms with Gasteiger partial charge in [0, 0.05) is 18.8 Å². The summed E-state index contributed by atoms with van der Waals surface area (Å²) in [5.41, 5.74) is 3.27. The maximum Gasteiger partial charge on any atom is 0.261 e. The van der Waals surface area contributed by atoms with E-state index in [1.165, 1.54) is 0 Å². The molecule has 0 radical (unpaired) electrons. The van der Waals surface area contributed by atoms with E-state index < -0.39 is 5.60 Å². The molecule has 0 atom stereocenters. The molecule has 5 rings (SSSR count). The standard InChI is InChI=1S/C30H30ClN3O3/c1-20-28(21(2)37-33-20)29(35)32-25-13-14-27(26(31)19-25)34-17-15-24(16-18-34)30(36,22-9-5-3-6-10-22)23-11-7-4-8-12-23/h3-14,19,24,36H,15-18H2,1-2H3,(H,32,35). The molecule has 0 aliphatic carbocycles. The molecule has 7 heteroatoms. The van der Waals surface area contributed by atoms with Crippen molar-refractivity contribution in [3.05, 3.63) is 112 Å². The highest BCUT2D eigenvalue weighted by Crippen LogP contribution is 2.43. The summed E-state index contributed by atoms with van der Waals surface area (Å²) in [6.45, 7) is 4.97. The van der Waals surface area contributed by atoms with Gasteiger partial charge in [0.05, 0.1) is 16.4 Å². The van der Waals surface area contributed by atoms with Gasteiger partial charge in [0.25, 0.3) is 5.91 Å². The zero-order valence-electron chi connectivity index (χ0n) is 20.9. The molecule has 1 aromatic heterocycles. The smallest absolute Gasteiger partial charge is 0.261 e. The van der Waals surface area contributed by atoms with E-state index in [0.29, 0.717) is 27.7 Å². The zero-order valence-corrected chi connectivity index (χ0v) is 21.7. The Morgan fingerprint density at radius 3 is 2.11 bits per heavy atom. The molecule has 190 valence electrons. The number of benzene rings is 3. The van der Waals surface area contributed by atoms with E-state index in [-0.39, 0.29) is 11.8 Å². The zero-order chi connectivity index (χ0) is 26.0. The molecule has 3 aromatic carbocycles. The lowest BCUT2D eigenvalue weighted by molar-refractivity contribution is 0.00506. The maximum atomic E-state index is 12.7. The number of hydrogen-bond acceptors (Lipinski definition) is 5. The van der Waals surface area contributed by atoms with Gasteiger partial charge in [-0.2, -0.15) is 0 Å². The van der Waals surface area contributed by atoms with Crippen LogP contribution in [0.2, 0.25) is 5.02 Å². The van der Waals surface area contributed by atoms with E-state index in [4.69, 9.17) is 16.1 Å². The van der Waals surface area contributed by atoms with Crippen molar-refractivity contribution >= 4 is 28.9 Å². The van der Waals surface area contributed by atoms with Crippen molar-refractivity contribution in [1.29, 1.82) is 0 Å². The van der Waals surface area contributed by atoms with Crippen LogP contribution in [-0.2, 0) is 5.60 Å². The third kappa shape index (κ3) is 4.87. The predicted molar refractivity (Wildman–Crippen MR) is 146 cm³/mol. The van der Waals surface area contributed by atoms with Gasteiger partial charge in [-0.25, -0.2) is 0 Å². The lowest BCUT2D eigenvalue weighted by Gasteiger charge is -2.43. The normalized spacial score (nSPS) is 14.5. The number of carbonyl (C=O) groups is 1. The predicted octanol–water partition coefficient (Wildman–Crippen LogP) is 6.35. The van der Waals surface area contributed by atoms with Crippen LogP contribution in [0.4, 0.5) is 11.4 Å². The van der Waals surface area contributed by atoms with Gasteiger partial charge in [-0.3, -0.25) is 4.79 Å². The van der Waals surface area contributed by atoms with Crippen LogP contribution in [0.15, 0.2) is 83.4 Å². The second-order valence-corrected chi connectivity index (χ2v) is 9.99. The number of aliphatic hydroxyl groups is 1. The molecule has 0 saturated carbocycles. The fourth-order valence-electron chi connectivity index (χ4n) is 5.40. The van der Waals surface area contributed by atoms with E-state index >= 15 is 0 Å². The quantitative estimate of drug-likeness (QED) is 0.313. The Bertz CT molecular complexity index is 1320. The van der Waals surface area contributed by atoms with Crippen molar-refractivity contribution in [2.75, 3.05) is 23.3 Å². The Hall–Kier alpha value is -3.61. The number of aryl methyl sites for hydroxylation is 2. The molecule has 1 fully saturated rings. The van der Waals surface area contributed by atoms with Gasteiger partial charge in [-0.1, -0.05) is 77.4 Å². The Labute approximate surface area is 221 Å². The van der Waals surface area contributed by atoms with E-state index in [1.807, 2.05) is 72.8 Å². The summed E-state index contributed by atoms with van der Waals surface area (Å²) in [7, 11) is 0. The summed E-state index contributed by atoms with van der Waals surface area (Å²) >= 11 is 6.68. The van der Waals surface area contributed by atoms with Crippen molar-refractivity contribution in [2.24, 2.45) is 5.92 Å². The summed E-state index contributed by atoms with van der Waals surface area (Å²) < 4.78 is 5.10. The Morgan fingerprint density at radius 2 is 1.59 bits per heavy atom. The minimum absolute atomic E-state index is 0.0564. The van der Waals surface area contributed by atoms with E-state index in [0.717, 1.165) is 42.7 Å². The van der Waals surface area contributed by atoms with Crippen LogP contribution in [0.3, 0.4) is 0 Å². The first-order valence-corrected chi connectivity index (χ1v) is 12.9. The van der Waals surface area contributed by atoms with E-state index in [2.05, 4.69) is 15.4 Å². The number of aromatic nitrogens is 1. The third-order valence-electron chi connectivity index (χ3n) is 7.32. The number of amides is 1. The first-order valence-electron chi connectivity index (χ1n) is 12.5. The van der Waals surface area contributed by atoms with Gasteiger partial charge >= 0.3 is 0 Å². The van der Waals surface area contributed by atoms with Gasteiger partial charge in [0.15, 0.2) is 0 Å². The van der Waals surface area contributed by atoms with E-state index in [1.54, 1.807) is 19.9 Å². The van der Waals surface area contributed by atoms with Crippen LogP contribution < -0.4 is 10.2 Å². The highest BCUT2D eigenvalue weighted by atomic mass is 35.5. The van der Waals surface area contributed by atoms with Gasteiger partial charge in [0.1, 0.15) is 16.9 Å². The van der Waals surface area contributed by atoms with Crippen molar-refractivity contribution in [1.82, 2.24) is 5.16 Å². The number of carbonyl (C=O) groups excluding carboxylic acids is 1. The van der Waals surface area contributed by atoms with Crippen LogP contribution in [0.5, 0.6) is 0 Å². The van der Waals surface area contributed by atoms with Gasteiger partial charge in [-0.15, -0.1) is 0 Å². The van der Waals surface area contributed by atoms with Crippen molar-refractivity contribution < 1.29 is 14.4 Å². The second kappa shape index (κ2) is 10.4. The molecule has 1 aliphatic heterocycles. The third-order valence-corrected chi connectivity index (χ3v) is 7.62. The van der Waals surface area contributed by atoms with Crippen LogP contribution in [0.1, 0.15) is 45.8 Å². The minimum Gasteiger partial charge on any atom is -0.380 e. The summed E-state index contributed by atoms with van der Waals surface area (Å²) in [6.07, 6.45) is 1.61. The average Bonchev–Trinajstić information content (AvgIpc) is 3.27. The van der Waals surface area contributed by atoms with Crippen molar-refractivity contribution in [3.8, 4) is 0 Å². The molecule has 2 heterocycles. The molecular weight excluding hydrogens is 486 g/mol. The molecule has 0 unspecified atom stereocenters. The average molecular weight is 516 g/mol. The van der Waals surface area contributed by atoms with Gasteiger partial charge in [0.2, 0.25) is 0 Å². The van der Waals surface area contributed by atoms with Crippen molar-refractivity contribution in [2.45, 2.75) is 32.3 Å². The number of nitrogens with one attached hydrogen (secondary N) is 1. The summed E-state index contributed by atoms with van der Waals surface area (Å²) in [5, 5.41) is 19.4. The Morgan fingerprint density at radius 1 is 1.00 bits per heavy atom. The fraction of sp³-hybridized carbons (Fsp3) is 0.267. The number of piperidine rings is 1. The summed E-state index contributed by atoms with van der Waals surface area (Å²) in [6, 6.07) is 25.4. The summed E-state index contributed by atoms with van der Waals surface area (Å²) in [5.74, 6) is 0.259. The van der Waals surface area contributed by atoms with Gasteiger partial charge < -0.3 is 19.8 Å². The maximum absolute atomic E-state index is 12.7. The molecule has 1 aliphatic rings. The van der Waals surface area contributed by atoms with Gasteiger partial charge in [-0.05, 0) is 61.9 Å². The van der Waals surface area contributed by atoms with Crippen LogP contribution in [0, 0.1) is 19.8 Å². The fourth-order valence-corrected chi connectivity index (χ4v) is 5.70. The molecule has 6 nitrogen and oxygen atoms in total. The number of nitrogens with zero attached hydrogens (tertiary/aromatic N) is 2. The number of rotatable bonds is 6. The number of halogens is 1. The SMILES string of the molecule is Cc1noc(C)c1C(=O)Nc1ccc(N2CCC(C(O)(c3ccccc3)c3ccccc3)CC2)c(Cl)c1. The minimum atomic E-state index is -1.06. The molecule has 1 saturated heterocycles. The summed E-state index contributed by atoms with van der Waals surface area (Å²) in [4.78, 5) is 14.9. The number of anilines is 2. The van der Waals surface area contributed by atoms with E-state index in [9.17, 15) is 9.90 Å². The largest absolute Gasteiger partial charge is 0.380 e. The second-order valence-electron chi connectivity index (χ2n) is 9.58. The molecule has 37 heavy (non-hydrogen) atoms. The highest BCUT2D eigenvalue weighted by Gasteiger charge is 2.41. The first-order chi connectivity index (χ1) is 17.9. The van der Waals surface area contributed by atoms with Crippen LogP contribution >= 0.6 is 11.6 Å². The topological polar surface area (TPSA) is 78.6 Å². The van der Waals surface area contributed by atoms with Crippen molar-refractivity contribution in [3.63, 3.8) is 0 Å². The molecule has 0 spiro atoms. The molecule has 1 amide bonds. The molecule has 0 bridgehead atoms. The Kier molecular flexibility index (Phi) is 7.04. The van der Waals surface area contributed by atoms with Crippen LogP contribution in [-0.4, -0.2) is 29.3 Å². The molecule has 4 aromatic rings. The Balaban J connectivity index is 1.31. The lowest BCUT2D eigenvalue weighted by Crippen LogP contribution is -2.44. The molecular formula is C30H30ClN3O3. The monoisotopic (exact) mass is 515 g/mol. The van der Waals surface area contributed by atoms with Crippen LogP contribution in [0.25, 0.3) is 0 Å². The lowest BCUT2D eigenvalue weighted by atomic mass is 9.72.